The molecule has 1 aliphatic rings. The quantitative estimate of drug-likeness (QED) is 0.739. The van der Waals surface area contributed by atoms with Crippen LogP contribution in [0.2, 0.25) is 5.02 Å². The molecule has 0 radical (unpaired) electrons. The predicted octanol–water partition coefficient (Wildman–Crippen LogP) is 3.64. The van der Waals surface area contributed by atoms with Crippen LogP contribution >= 0.6 is 11.6 Å². The number of benzene rings is 2. The molecule has 0 amide bonds. The zero-order valence-corrected chi connectivity index (χ0v) is 15.5. The van der Waals surface area contributed by atoms with Gasteiger partial charge in [-0.25, -0.2) is 0 Å². The minimum absolute atomic E-state index is 0.117. The van der Waals surface area contributed by atoms with Gasteiger partial charge in [-0.15, -0.1) is 0 Å². The van der Waals surface area contributed by atoms with Gasteiger partial charge in [0.2, 0.25) is 0 Å². The third-order valence-electron chi connectivity index (χ3n) is 4.02. The first-order chi connectivity index (χ1) is 11.8. The smallest absolute Gasteiger partial charge is 0.297 e. The Kier molecular flexibility index (Phi) is 5.18. The molecule has 1 saturated heterocycles. The second-order valence-electron chi connectivity index (χ2n) is 6.03. The number of halogens is 1. The molecule has 2 aromatic carbocycles. The van der Waals surface area contributed by atoms with Crippen LogP contribution in [0.25, 0.3) is 0 Å². The molecule has 134 valence electrons. The van der Waals surface area contributed by atoms with Crippen LogP contribution in [0.5, 0.6) is 0 Å². The highest BCUT2D eigenvalue weighted by Gasteiger charge is 2.40. The van der Waals surface area contributed by atoms with Crippen molar-refractivity contribution in [2.45, 2.75) is 30.6 Å². The lowest BCUT2D eigenvalue weighted by Gasteiger charge is -2.24. The summed E-state index contributed by atoms with van der Waals surface area (Å²) in [7, 11) is -3.84. The summed E-state index contributed by atoms with van der Waals surface area (Å²) in [5, 5.41) is 0.527. The van der Waals surface area contributed by atoms with E-state index in [0.29, 0.717) is 10.6 Å². The normalized spacial score (nSPS) is 23.7. The minimum Gasteiger partial charge on any atom is -0.343 e. The van der Waals surface area contributed by atoms with Gasteiger partial charge in [0.15, 0.2) is 5.79 Å². The van der Waals surface area contributed by atoms with Gasteiger partial charge in [-0.3, -0.25) is 4.18 Å². The Bertz CT molecular complexity index is 850. The summed E-state index contributed by atoms with van der Waals surface area (Å²) >= 11 is 6.20. The highest BCUT2D eigenvalue weighted by molar-refractivity contribution is 7.86. The van der Waals surface area contributed by atoms with Gasteiger partial charge in [-0.05, 0) is 32.0 Å². The summed E-state index contributed by atoms with van der Waals surface area (Å²) in [4.78, 5) is 0.117. The maximum absolute atomic E-state index is 12.2. The molecule has 7 heteroatoms. The molecule has 1 aliphatic heterocycles. The van der Waals surface area contributed by atoms with Gasteiger partial charge in [0.1, 0.15) is 6.10 Å². The summed E-state index contributed by atoms with van der Waals surface area (Å²) in [6, 6.07) is 13.7. The fraction of sp³-hybridized carbons (Fsp3) is 0.333. The first kappa shape index (κ1) is 18.4. The minimum atomic E-state index is -3.84. The van der Waals surface area contributed by atoms with Crippen molar-refractivity contribution in [3.63, 3.8) is 0 Å². The lowest BCUT2D eigenvalue weighted by Crippen LogP contribution is -2.26. The van der Waals surface area contributed by atoms with Crippen LogP contribution in [0.4, 0.5) is 0 Å². The Morgan fingerprint density at radius 2 is 1.88 bits per heavy atom. The van der Waals surface area contributed by atoms with Gasteiger partial charge in [0.05, 0.1) is 18.1 Å². The summed E-state index contributed by atoms with van der Waals surface area (Å²) in [5.41, 5.74) is 1.67. The van der Waals surface area contributed by atoms with E-state index in [9.17, 15) is 8.42 Å². The molecular weight excluding hydrogens is 364 g/mol. The average Bonchev–Trinajstić information content (AvgIpc) is 2.96. The first-order valence-electron chi connectivity index (χ1n) is 7.83. The van der Waals surface area contributed by atoms with Gasteiger partial charge in [-0.2, -0.15) is 8.42 Å². The van der Waals surface area contributed by atoms with E-state index in [1.54, 1.807) is 25.1 Å². The fourth-order valence-electron chi connectivity index (χ4n) is 2.63. The third kappa shape index (κ3) is 4.04. The van der Waals surface area contributed by atoms with Crippen molar-refractivity contribution in [3.8, 4) is 0 Å². The number of hydrogen-bond donors (Lipinski definition) is 0. The van der Waals surface area contributed by atoms with Crippen molar-refractivity contribution < 1.29 is 22.1 Å². The molecule has 0 bridgehead atoms. The van der Waals surface area contributed by atoms with Crippen molar-refractivity contribution in [2.24, 2.45) is 0 Å². The van der Waals surface area contributed by atoms with Crippen LogP contribution in [0.1, 0.15) is 18.1 Å². The molecule has 0 aliphatic carbocycles. The third-order valence-corrected chi connectivity index (χ3v) is 5.64. The molecule has 5 nitrogen and oxygen atoms in total. The fourth-order valence-corrected chi connectivity index (χ4v) is 3.87. The predicted molar refractivity (Wildman–Crippen MR) is 93.9 cm³/mol. The molecule has 0 N–H and O–H groups in total. The lowest BCUT2D eigenvalue weighted by molar-refractivity contribution is -0.164. The molecule has 0 saturated carbocycles. The van der Waals surface area contributed by atoms with E-state index < -0.39 is 22.0 Å². The molecule has 0 aromatic heterocycles. The van der Waals surface area contributed by atoms with Crippen LogP contribution in [-0.2, 0) is 29.6 Å². The van der Waals surface area contributed by atoms with Crippen molar-refractivity contribution in [3.05, 3.63) is 64.7 Å². The number of rotatable bonds is 5. The van der Waals surface area contributed by atoms with E-state index in [2.05, 4.69) is 0 Å². The molecule has 1 fully saturated rings. The van der Waals surface area contributed by atoms with E-state index in [1.807, 2.05) is 25.1 Å². The topological polar surface area (TPSA) is 61.8 Å². The van der Waals surface area contributed by atoms with Gasteiger partial charge in [-0.1, -0.05) is 47.5 Å². The second-order valence-corrected chi connectivity index (χ2v) is 8.05. The van der Waals surface area contributed by atoms with Crippen LogP contribution in [-0.4, -0.2) is 27.7 Å². The second kappa shape index (κ2) is 7.05. The maximum atomic E-state index is 12.2. The molecule has 1 heterocycles. The van der Waals surface area contributed by atoms with Gasteiger partial charge in [0.25, 0.3) is 10.1 Å². The summed E-state index contributed by atoms with van der Waals surface area (Å²) in [6.07, 6.45) is -0.513. The standard InChI is InChI=1S/C18H19ClO5S/c1-13-7-9-15(10-8-13)25(20,21)23-12-14-11-22-18(2,24-14)16-5-3-4-6-17(16)19/h3-10,14H,11-12H2,1-2H3. The van der Waals surface area contributed by atoms with Crippen LogP contribution < -0.4 is 0 Å². The van der Waals surface area contributed by atoms with Gasteiger partial charge < -0.3 is 9.47 Å². The Morgan fingerprint density at radius 3 is 2.56 bits per heavy atom. The maximum Gasteiger partial charge on any atom is 0.297 e. The molecule has 2 atom stereocenters. The molecule has 25 heavy (non-hydrogen) atoms. The number of hydrogen-bond acceptors (Lipinski definition) is 5. The van der Waals surface area contributed by atoms with E-state index in [0.717, 1.165) is 5.56 Å². The number of ether oxygens (including phenoxy) is 2. The monoisotopic (exact) mass is 382 g/mol. The summed E-state index contributed by atoms with van der Waals surface area (Å²) in [6.45, 7) is 3.72. The van der Waals surface area contributed by atoms with Gasteiger partial charge in [0, 0.05) is 10.6 Å². The van der Waals surface area contributed by atoms with E-state index in [-0.39, 0.29) is 18.1 Å². The van der Waals surface area contributed by atoms with E-state index >= 15 is 0 Å². The highest BCUT2D eigenvalue weighted by Crippen LogP contribution is 2.37. The largest absolute Gasteiger partial charge is 0.343 e. The molecule has 2 unspecified atom stereocenters. The van der Waals surface area contributed by atoms with Crippen molar-refractivity contribution in [2.75, 3.05) is 13.2 Å². The summed E-state index contributed by atoms with van der Waals surface area (Å²) < 4.78 is 41.2. The zero-order chi connectivity index (χ0) is 18.1. The van der Waals surface area contributed by atoms with Gasteiger partial charge >= 0.3 is 0 Å². The highest BCUT2D eigenvalue weighted by atomic mass is 35.5. The molecule has 0 spiro atoms. The van der Waals surface area contributed by atoms with E-state index in [1.165, 1.54) is 12.1 Å². The van der Waals surface area contributed by atoms with Crippen molar-refractivity contribution >= 4 is 21.7 Å². The van der Waals surface area contributed by atoms with Crippen molar-refractivity contribution in [1.82, 2.24) is 0 Å². The molecule has 3 rings (SSSR count). The van der Waals surface area contributed by atoms with Crippen molar-refractivity contribution in [1.29, 1.82) is 0 Å². The molecular formula is C18H19ClO5S. The lowest BCUT2D eigenvalue weighted by atomic mass is 10.1. The Morgan fingerprint density at radius 1 is 1.20 bits per heavy atom. The Balaban J connectivity index is 1.66. The van der Waals surface area contributed by atoms with Crippen LogP contribution in [0.15, 0.2) is 53.4 Å². The van der Waals surface area contributed by atoms with Crippen LogP contribution in [0, 0.1) is 6.92 Å². The first-order valence-corrected chi connectivity index (χ1v) is 9.62. The summed E-state index contributed by atoms with van der Waals surface area (Å²) in [5.74, 6) is -1.03. The average molecular weight is 383 g/mol. The Hall–Kier alpha value is -1.44. The Labute approximate surface area is 152 Å². The molecule has 2 aromatic rings. The van der Waals surface area contributed by atoms with Crippen LogP contribution in [0.3, 0.4) is 0 Å². The van der Waals surface area contributed by atoms with E-state index in [4.69, 9.17) is 25.3 Å². The zero-order valence-electron chi connectivity index (χ0n) is 13.9. The number of aryl methyl sites for hydroxylation is 1. The SMILES string of the molecule is Cc1ccc(S(=O)(=O)OCC2COC(C)(c3ccccc3Cl)O2)cc1.